The third-order valence-electron chi connectivity index (χ3n) is 3.12. The van der Waals surface area contributed by atoms with Crippen LogP contribution in [0.5, 0.6) is 0 Å². The highest BCUT2D eigenvalue weighted by molar-refractivity contribution is 6.38. The fraction of sp³-hybridized carbons (Fsp3) is 0.429. The molecule has 0 spiro atoms. The van der Waals surface area contributed by atoms with Gasteiger partial charge in [-0.1, -0.05) is 29.3 Å². The molecule has 22 heavy (non-hydrogen) atoms. The molecule has 0 fully saturated rings. The van der Waals surface area contributed by atoms with Crippen molar-refractivity contribution in [3.05, 3.63) is 34.1 Å². The number of aliphatic hydroxyl groups is 1. The van der Waals surface area contributed by atoms with E-state index in [4.69, 9.17) is 32.4 Å². The second kappa shape index (κ2) is 7.39. The van der Waals surface area contributed by atoms with E-state index in [2.05, 4.69) is 15.5 Å². The maximum absolute atomic E-state index is 9.41. The van der Waals surface area contributed by atoms with Gasteiger partial charge in [0.15, 0.2) is 0 Å². The van der Waals surface area contributed by atoms with Crippen LogP contribution in [0, 0.1) is 0 Å². The van der Waals surface area contributed by atoms with Crippen molar-refractivity contribution in [2.45, 2.75) is 19.0 Å². The molecule has 8 heteroatoms. The molecule has 1 heterocycles. The smallest absolute Gasteiger partial charge is 0.250 e. The lowest BCUT2D eigenvalue weighted by molar-refractivity contribution is 0.0707. The van der Waals surface area contributed by atoms with Crippen molar-refractivity contribution in [1.29, 1.82) is 0 Å². The second-order valence-corrected chi connectivity index (χ2v) is 5.92. The Morgan fingerprint density at radius 2 is 2.00 bits per heavy atom. The Labute approximate surface area is 138 Å². The van der Waals surface area contributed by atoms with E-state index in [1.165, 1.54) is 0 Å². The van der Waals surface area contributed by atoms with Crippen LogP contribution in [0.4, 0.5) is 0 Å². The van der Waals surface area contributed by atoms with Crippen molar-refractivity contribution in [3.8, 4) is 11.5 Å². The summed E-state index contributed by atoms with van der Waals surface area (Å²) in [6.45, 7) is 2.38. The predicted molar refractivity (Wildman–Crippen MR) is 84.0 cm³/mol. The van der Waals surface area contributed by atoms with Crippen LogP contribution in [0.3, 0.4) is 0 Å². The number of halogens is 2. The minimum atomic E-state index is -0.592. The summed E-state index contributed by atoms with van der Waals surface area (Å²) in [5, 5.41) is 21.3. The van der Waals surface area contributed by atoms with Crippen LogP contribution in [-0.4, -0.2) is 41.2 Å². The zero-order chi connectivity index (χ0) is 16.2. The summed E-state index contributed by atoms with van der Waals surface area (Å²) in [4.78, 5) is 0. The SMILES string of the molecule is COCC(C)(CO)NCc1nnc(-c2c(Cl)cccc2Cl)o1. The van der Waals surface area contributed by atoms with Gasteiger partial charge >= 0.3 is 0 Å². The van der Waals surface area contributed by atoms with E-state index >= 15 is 0 Å². The Morgan fingerprint density at radius 3 is 2.59 bits per heavy atom. The van der Waals surface area contributed by atoms with E-state index in [1.807, 2.05) is 6.92 Å². The number of benzene rings is 1. The van der Waals surface area contributed by atoms with E-state index in [1.54, 1.807) is 25.3 Å². The molecule has 6 nitrogen and oxygen atoms in total. The highest BCUT2D eigenvalue weighted by Crippen LogP contribution is 2.33. The highest BCUT2D eigenvalue weighted by atomic mass is 35.5. The number of aliphatic hydroxyl groups excluding tert-OH is 1. The first-order valence-corrected chi connectivity index (χ1v) is 7.36. The molecule has 1 aromatic carbocycles. The summed E-state index contributed by atoms with van der Waals surface area (Å²) in [6, 6.07) is 5.14. The Bertz CT molecular complexity index is 615. The van der Waals surface area contributed by atoms with Gasteiger partial charge in [0.1, 0.15) is 0 Å². The van der Waals surface area contributed by atoms with E-state index in [-0.39, 0.29) is 19.0 Å². The van der Waals surface area contributed by atoms with Crippen LogP contribution in [0.25, 0.3) is 11.5 Å². The summed E-state index contributed by atoms with van der Waals surface area (Å²) >= 11 is 12.2. The van der Waals surface area contributed by atoms with Crippen molar-refractivity contribution in [2.24, 2.45) is 0 Å². The van der Waals surface area contributed by atoms with E-state index < -0.39 is 5.54 Å². The van der Waals surface area contributed by atoms with Crippen molar-refractivity contribution >= 4 is 23.2 Å². The topological polar surface area (TPSA) is 80.4 Å². The lowest BCUT2D eigenvalue weighted by Crippen LogP contribution is -2.49. The van der Waals surface area contributed by atoms with Crippen LogP contribution < -0.4 is 5.32 Å². The molecule has 1 aromatic heterocycles. The fourth-order valence-corrected chi connectivity index (χ4v) is 2.45. The molecule has 0 aliphatic heterocycles. The number of nitrogens with zero attached hydrogens (tertiary/aromatic N) is 2. The monoisotopic (exact) mass is 345 g/mol. The standard InChI is InChI=1S/C14H17Cl2N3O3/c1-14(7-20,8-21-2)17-6-11-18-19-13(22-11)12-9(15)4-3-5-10(12)16/h3-5,17,20H,6-8H2,1-2H3. The van der Waals surface area contributed by atoms with Gasteiger partial charge in [-0.25, -0.2) is 0 Å². The summed E-state index contributed by atoms with van der Waals surface area (Å²) in [5.41, 5.74) is -0.0859. The molecule has 2 rings (SSSR count). The summed E-state index contributed by atoms with van der Waals surface area (Å²) in [7, 11) is 1.57. The molecule has 0 bridgehead atoms. The molecule has 0 aliphatic rings. The zero-order valence-electron chi connectivity index (χ0n) is 12.3. The number of hydrogen-bond donors (Lipinski definition) is 2. The van der Waals surface area contributed by atoms with Gasteiger partial charge in [-0.05, 0) is 19.1 Å². The number of ether oxygens (including phenoxy) is 1. The highest BCUT2D eigenvalue weighted by Gasteiger charge is 2.24. The Morgan fingerprint density at radius 1 is 1.32 bits per heavy atom. The van der Waals surface area contributed by atoms with E-state index in [0.29, 0.717) is 28.1 Å². The maximum Gasteiger partial charge on any atom is 0.250 e. The van der Waals surface area contributed by atoms with Crippen molar-refractivity contribution in [1.82, 2.24) is 15.5 Å². The van der Waals surface area contributed by atoms with Crippen molar-refractivity contribution in [2.75, 3.05) is 20.3 Å². The number of methoxy groups -OCH3 is 1. The van der Waals surface area contributed by atoms with Crippen molar-refractivity contribution in [3.63, 3.8) is 0 Å². The van der Waals surface area contributed by atoms with Gasteiger partial charge in [-0.2, -0.15) is 0 Å². The zero-order valence-corrected chi connectivity index (χ0v) is 13.8. The van der Waals surface area contributed by atoms with E-state index in [0.717, 1.165) is 0 Å². The molecule has 1 unspecified atom stereocenters. The van der Waals surface area contributed by atoms with Crippen LogP contribution in [0.15, 0.2) is 22.6 Å². The summed E-state index contributed by atoms with van der Waals surface area (Å²) in [5.74, 6) is 0.617. The van der Waals surface area contributed by atoms with Gasteiger partial charge in [0.05, 0.1) is 40.9 Å². The third kappa shape index (κ3) is 3.97. The van der Waals surface area contributed by atoms with Gasteiger partial charge in [0, 0.05) is 7.11 Å². The quantitative estimate of drug-likeness (QED) is 0.802. The number of rotatable bonds is 7. The molecule has 2 aromatic rings. The van der Waals surface area contributed by atoms with Crippen molar-refractivity contribution < 1.29 is 14.3 Å². The molecular weight excluding hydrogens is 329 g/mol. The van der Waals surface area contributed by atoms with E-state index in [9.17, 15) is 5.11 Å². The minimum Gasteiger partial charge on any atom is -0.419 e. The van der Waals surface area contributed by atoms with Crippen LogP contribution in [0.1, 0.15) is 12.8 Å². The van der Waals surface area contributed by atoms with Gasteiger partial charge in [0.2, 0.25) is 5.89 Å². The molecule has 1 atom stereocenters. The first kappa shape index (κ1) is 17.2. The van der Waals surface area contributed by atoms with Crippen LogP contribution in [-0.2, 0) is 11.3 Å². The lowest BCUT2D eigenvalue weighted by atomic mass is 10.1. The van der Waals surface area contributed by atoms with Gasteiger partial charge in [-0.3, -0.25) is 5.32 Å². The molecule has 2 N–H and O–H groups in total. The normalized spacial score (nSPS) is 14.0. The lowest BCUT2D eigenvalue weighted by Gasteiger charge is -2.27. The predicted octanol–water partition coefficient (Wildman–Crippen LogP) is 2.53. The Hall–Kier alpha value is -1.18. The average molecular weight is 346 g/mol. The molecule has 0 aliphatic carbocycles. The van der Waals surface area contributed by atoms with Crippen LogP contribution in [0.2, 0.25) is 10.0 Å². The second-order valence-electron chi connectivity index (χ2n) is 5.10. The number of aromatic nitrogens is 2. The van der Waals surface area contributed by atoms with Gasteiger partial charge < -0.3 is 14.3 Å². The Balaban J connectivity index is 2.12. The van der Waals surface area contributed by atoms with Gasteiger partial charge in [0.25, 0.3) is 5.89 Å². The minimum absolute atomic E-state index is 0.0851. The molecule has 0 saturated carbocycles. The van der Waals surface area contributed by atoms with Gasteiger partial charge in [-0.15, -0.1) is 10.2 Å². The molecule has 120 valence electrons. The first-order valence-electron chi connectivity index (χ1n) is 6.60. The number of hydrogen-bond acceptors (Lipinski definition) is 6. The molecule has 0 radical (unpaired) electrons. The maximum atomic E-state index is 9.41. The first-order chi connectivity index (χ1) is 10.5. The average Bonchev–Trinajstić information content (AvgIpc) is 2.94. The fourth-order valence-electron chi connectivity index (χ4n) is 1.89. The number of nitrogens with one attached hydrogen (secondary N) is 1. The molecule has 0 saturated heterocycles. The Kier molecular flexibility index (Phi) is 5.77. The molecule has 0 amide bonds. The summed E-state index contributed by atoms with van der Waals surface area (Å²) in [6.07, 6.45) is 0. The summed E-state index contributed by atoms with van der Waals surface area (Å²) < 4.78 is 10.6. The third-order valence-corrected chi connectivity index (χ3v) is 3.75. The largest absolute Gasteiger partial charge is 0.419 e. The van der Waals surface area contributed by atoms with Crippen LogP contribution >= 0.6 is 23.2 Å². The molecular formula is C14H17Cl2N3O3.